The maximum atomic E-state index is 12.2. The van der Waals surface area contributed by atoms with Crippen LogP contribution in [-0.4, -0.2) is 10.5 Å². The fourth-order valence-electron chi connectivity index (χ4n) is 2.38. The highest BCUT2D eigenvalue weighted by Crippen LogP contribution is 2.29. The third-order valence-electron chi connectivity index (χ3n) is 3.43. The van der Waals surface area contributed by atoms with E-state index in [0.29, 0.717) is 21.4 Å². The maximum absolute atomic E-state index is 12.2. The van der Waals surface area contributed by atoms with E-state index >= 15 is 0 Å². The van der Waals surface area contributed by atoms with E-state index in [1.165, 1.54) is 17.4 Å². The normalized spacial score (nSPS) is 12.2. The molecule has 1 aromatic heterocycles. The molecule has 0 fully saturated rings. The van der Waals surface area contributed by atoms with Crippen molar-refractivity contribution in [3.05, 3.63) is 81.6 Å². The molecular weight excluding hydrogens is 375 g/mol. The Labute approximate surface area is 159 Å². The van der Waals surface area contributed by atoms with Gasteiger partial charge in [0.2, 0.25) is 0 Å². The van der Waals surface area contributed by atoms with Gasteiger partial charge in [-0.25, -0.2) is 0 Å². The molecule has 6 heteroatoms. The van der Waals surface area contributed by atoms with Gasteiger partial charge in [0, 0.05) is 17.6 Å². The van der Waals surface area contributed by atoms with Crippen molar-refractivity contribution in [3.8, 4) is 0 Å². The smallest absolute Gasteiger partial charge is 0.272 e. The van der Waals surface area contributed by atoms with Crippen molar-refractivity contribution in [2.45, 2.75) is 6.54 Å². The van der Waals surface area contributed by atoms with E-state index in [2.05, 4.69) is 11.6 Å². The van der Waals surface area contributed by atoms with Gasteiger partial charge in [-0.15, -0.1) is 6.58 Å². The zero-order valence-corrected chi connectivity index (χ0v) is 15.5. The van der Waals surface area contributed by atoms with Crippen LogP contribution in [0.1, 0.15) is 5.56 Å². The van der Waals surface area contributed by atoms with Gasteiger partial charge in [0.15, 0.2) is 4.80 Å². The summed E-state index contributed by atoms with van der Waals surface area (Å²) in [5, 5.41) is 1.07. The summed E-state index contributed by atoms with van der Waals surface area (Å²) in [5.74, 6) is -0.338. The zero-order chi connectivity index (χ0) is 17.8. The lowest BCUT2D eigenvalue weighted by molar-refractivity contribution is -0.113. The van der Waals surface area contributed by atoms with Gasteiger partial charge in [-0.05, 0) is 23.8 Å². The molecule has 0 saturated carbocycles. The second-order valence-electron chi connectivity index (χ2n) is 5.21. The second kappa shape index (κ2) is 7.83. The van der Waals surface area contributed by atoms with Crippen LogP contribution >= 0.6 is 34.5 Å². The van der Waals surface area contributed by atoms with Crippen LogP contribution in [0.2, 0.25) is 10.0 Å². The Hall–Kier alpha value is -2.14. The number of hydrogen-bond donors (Lipinski definition) is 0. The van der Waals surface area contributed by atoms with Gasteiger partial charge >= 0.3 is 0 Å². The molecule has 25 heavy (non-hydrogen) atoms. The summed E-state index contributed by atoms with van der Waals surface area (Å²) in [6.45, 7) is 4.26. The molecule has 1 heterocycles. The van der Waals surface area contributed by atoms with Crippen molar-refractivity contribution in [3.63, 3.8) is 0 Å². The lowest BCUT2D eigenvalue weighted by atomic mass is 10.2. The summed E-state index contributed by atoms with van der Waals surface area (Å²) >= 11 is 13.8. The summed E-state index contributed by atoms with van der Waals surface area (Å²) in [7, 11) is 0. The number of allylic oxidation sites excluding steroid dienone is 1. The van der Waals surface area contributed by atoms with Crippen molar-refractivity contribution in [1.29, 1.82) is 0 Å². The first-order valence-electron chi connectivity index (χ1n) is 7.49. The number of rotatable bonds is 4. The van der Waals surface area contributed by atoms with Gasteiger partial charge in [0.05, 0.1) is 15.2 Å². The molecule has 3 aromatic rings. The van der Waals surface area contributed by atoms with E-state index in [1.54, 1.807) is 18.2 Å². The molecule has 0 unspecified atom stereocenters. The van der Waals surface area contributed by atoms with Crippen molar-refractivity contribution in [2.75, 3.05) is 0 Å². The van der Waals surface area contributed by atoms with Gasteiger partial charge in [0.1, 0.15) is 0 Å². The number of halogens is 2. The monoisotopic (exact) mass is 388 g/mol. The van der Waals surface area contributed by atoms with Crippen LogP contribution in [0.5, 0.6) is 0 Å². The van der Waals surface area contributed by atoms with E-state index in [0.717, 1.165) is 15.8 Å². The Morgan fingerprint density at radius 1 is 1.24 bits per heavy atom. The number of carbonyl (C=O) groups is 1. The Bertz CT molecular complexity index is 1030. The van der Waals surface area contributed by atoms with Crippen LogP contribution in [0.25, 0.3) is 16.3 Å². The fraction of sp³-hybridized carbons (Fsp3) is 0.0526. The maximum Gasteiger partial charge on any atom is 0.272 e. The topological polar surface area (TPSA) is 34.4 Å². The minimum Gasteiger partial charge on any atom is -0.311 e. The highest BCUT2D eigenvalue weighted by atomic mass is 35.5. The van der Waals surface area contributed by atoms with E-state index in [9.17, 15) is 4.79 Å². The molecule has 0 N–H and O–H groups in total. The number of nitrogens with zero attached hydrogens (tertiary/aromatic N) is 2. The zero-order valence-electron chi connectivity index (χ0n) is 13.2. The van der Waals surface area contributed by atoms with Gasteiger partial charge in [-0.1, -0.05) is 70.9 Å². The van der Waals surface area contributed by atoms with Crippen molar-refractivity contribution in [2.24, 2.45) is 4.99 Å². The first-order valence-corrected chi connectivity index (χ1v) is 9.07. The van der Waals surface area contributed by atoms with Crippen molar-refractivity contribution >= 4 is 56.7 Å². The Kier molecular flexibility index (Phi) is 5.53. The Balaban J connectivity index is 2.04. The molecule has 1 amide bonds. The number of hydrogen-bond acceptors (Lipinski definition) is 2. The van der Waals surface area contributed by atoms with Gasteiger partial charge in [0.25, 0.3) is 5.91 Å². The summed E-state index contributed by atoms with van der Waals surface area (Å²) in [6, 6.07) is 13.1. The molecular formula is C19H14Cl2N2OS. The first kappa shape index (κ1) is 17.7. The molecule has 0 saturated heterocycles. The number of benzene rings is 2. The minimum atomic E-state index is -0.338. The molecule has 0 spiro atoms. The highest BCUT2D eigenvalue weighted by Gasteiger charge is 2.11. The van der Waals surface area contributed by atoms with Crippen LogP contribution in [0.15, 0.2) is 66.2 Å². The predicted molar refractivity (Wildman–Crippen MR) is 106 cm³/mol. The van der Waals surface area contributed by atoms with Crippen LogP contribution in [0, 0.1) is 0 Å². The molecule has 0 bridgehead atoms. The third kappa shape index (κ3) is 4.10. The van der Waals surface area contributed by atoms with Gasteiger partial charge in [-0.2, -0.15) is 4.99 Å². The average Bonchev–Trinajstić information content (AvgIpc) is 2.91. The second-order valence-corrected chi connectivity index (χ2v) is 7.07. The largest absolute Gasteiger partial charge is 0.311 e. The molecule has 3 nitrogen and oxygen atoms in total. The summed E-state index contributed by atoms with van der Waals surface area (Å²) in [4.78, 5) is 17.0. The van der Waals surface area contributed by atoms with Crippen LogP contribution < -0.4 is 4.80 Å². The van der Waals surface area contributed by atoms with E-state index in [4.69, 9.17) is 23.2 Å². The molecule has 0 aliphatic rings. The van der Waals surface area contributed by atoms with E-state index in [1.807, 2.05) is 41.0 Å². The van der Waals surface area contributed by atoms with E-state index < -0.39 is 0 Å². The Morgan fingerprint density at radius 2 is 2.00 bits per heavy atom. The summed E-state index contributed by atoms with van der Waals surface area (Å²) in [6.07, 6.45) is 4.92. The van der Waals surface area contributed by atoms with Crippen LogP contribution in [-0.2, 0) is 11.3 Å². The quantitative estimate of drug-likeness (QED) is 0.438. The van der Waals surface area contributed by atoms with Gasteiger partial charge < -0.3 is 4.57 Å². The number of fused-ring (bicyclic) bond motifs is 1. The number of aromatic nitrogens is 1. The molecule has 3 rings (SSSR count). The molecule has 2 aromatic carbocycles. The van der Waals surface area contributed by atoms with Crippen LogP contribution in [0.4, 0.5) is 0 Å². The predicted octanol–water partition coefficient (Wildman–Crippen LogP) is 5.34. The molecule has 0 aliphatic heterocycles. The lowest BCUT2D eigenvalue weighted by Crippen LogP contribution is -2.15. The number of thiazole rings is 1. The standard InChI is InChI=1S/C19H14Cl2N2OS/c1-2-10-23-18-15(21)11-14(20)12-16(18)25-19(23)22-17(24)9-8-13-6-4-3-5-7-13/h2-9,11-12H,1,10H2/b9-8+,22-19?. The summed E-state index contributed by atoms with van der Waals surface area (Å²) < 4.78 is 2.73. The highest BCUT2D eigenvalue weighted by molar-refractivity contribution is 7.16. The third-order valence-corrected chi connectivity index (χ3v) is 4.96. The molecule has 0 aliphatic carbocycles. The number of carbonyl (C=O) groups excluding carboxylic acids is 1. The number of amides is 1. The molecule has 126 valence electrons. The lowest BCUT2D eigenvalue weighted by Gasteiger charge is -2.03. The molecule has 0 radical (unpaired) electrons. The average molecular weight is 389 g/mol. The summed E-state index contributed by atoms with van der Waals surface area (Å²) in [5.41, 5.74) is 1.74. The SMILES string of the molecule is C=CCn1c(=NC(=O)/C=C/c2ccccc2)sc2cc(Cl)cc(Cl)c21. The van der Waals surface area contributed by atoms with Crippen molar-refractivity contribution in [1.82, 2.24) is 4.57 Å². The van der Waals surface area contributed by atoms with Crippen molar-refractivity contribution < 1.29 is 4.79 Å². The van der Waals surface area contributed by atoms with E-state index in [-0.39, 0.29) is 5.91 Å². The molecule has 0 atom stereocenters. The fourth-order valence-corrected chi connectivity index (χ4v) is 4.20. The first-order chi connectivity index (χ1) is 12.1. The van der Waals surface area contributed by atoms with Crippen LogP contribution in [0.3, 0.4) is 0 Å². The Morgan fingerprint density at radius 3 is 2.72 bits per heavy atom. The minimum absolute atomic E-state index is 0.338. The van der Waals surface area contributed by atoms with Gasteiger partial charge in [-0.3, -0.25) is 4.79 Å².